The lowest BCUT2D eigenvalue weighted by atomic mass is 10.2. The Kier molecular flexibility index (Phi) is 8.26. The highest BCUT2D eigenvalue weighted by atomic mass is 16.5. The van der Waals surface area contributed by atoms with Crippen molar-refractivity contribution in [2.24, 2.45) is 0 Å². The van der Waals surface area contributed by atoms with Crippen molar-refractivity contribution >= 4 is 0 Å². The predicted molar refractivity (Wildman–Crippen MR) is 82.2 cm³/mol. The van der Waals surface area contributed by atoms with E-state index in [1.807, 2.05) is 12.2 Å². The van der Waals surface area contributed by atoms with Crippen molar-refractivity contribution in [3.05, 3.63) is 37.1 Å². The molecule has 0 N–H and O–H groups in total. The maximum Gasteiger partial charge on any atom is 0.112 e. The molecular formula is C16H28N2O. The monoisotopic (exact) mass is 264 g/mol. The second kappa shape index (κ2) is 9.82. The Labute approximate surface area is 118 Å². The minimum Gasteiger partial charge on any atom is -0.494 e. The number of rotatable bonds is 9. The summed E-state index contributed by atoms with van der Waals surface area (Å²) in [4.78, 5) is 4.96. The molecule has 0 aromatic heterocycles. The first kappa shape index (κ1) is 16.0. The highest BCUT2D eigenvalue weighted by molar-refractivity contribution is 5.12. The van der Waals surface area contributed by atoms with Gasteiger partial charge in [-0.1, -0.05) is 25.3 Å². The third kappa shape index (κ3) is 7.85. The van der Waals surface area contributed by atoms with E-state index in [1.54, 1.807) is 6.08 Å². The van der Waals surface area contributed by atoms with E-state index >= 15 is 0 Å². The van der Waals surface area contributed by atoms with E-state index in [0.717, 1.165) is 18.8 Å². The second-order valence-corrected chi connectivity index (χ2v) is 5.12. The van der Waals surface area contributed by atoms with E-state index in [1.165, 1.54) is 45.6 Å². The predicted octanol–water partition coefficient (Wildman–Crippen LogP) is 2.68. The molecule has 0 saturated carbocycles. The minimum absolute atomic E-state index is 0.721. The lowest BCUT2D eigenvalue weighted by Gasteiger charge is -2.32. The first-order chi connectivity index (χ1) is 9.22. The van der Waals surface area contributed by atoms with Crippen molar-refractivity contribution in [2.75, 3.05) is 46.4 Å². The molecule has 1 heterocycles. The molecule has 0 unspecified atom stereocenters. The van der Waals surface area contributed by atoms with Crippen molar-refractivity contribution < 1.29 is 4.74 Å². The van der Waals surface area contributed by atoms with Crippen LogP contribution in [-0.2, 0) is 4.74 Å². The zero-order valence-electron chi connectivity index (χ0n) is 12.3. The SMILES string of the molecule is C=C/C=C\C(=C)OCCCCCN1CCN(C)CC1. The lowest BCUT2D eigenvalue weighted by Crippen LogP contribution is -2.44. The molecule has 0 amide bonds. The minimum atomic E-state index is 0.721. The molecule has 0 radical (unpaired) electrons. The van der Waals surface area contributed by atoms with Crippen LogP contribution in [0.3, 0.4) is 0 Å². The normalized spacial score (nSPS) is 17.7. The fourth-order valence-corrected chi connectivity index (χ4v) is 2.11. The maximum atomic E-state index is 5.50. The average molecular weight is 264 g/mol. The molecule has 0 spiro atoms. The van der Waals surface area contributed by atoms with Gasteiger partial charge < -0.3 is 14.5 Å². The number of allylic oxidation sites excluding steroid dienone is 3. The molecule has 1 saturated heterocycles. The van der Waals surface area contributed by atoms with Gasteiger partial charge in [0.15, 0.2) is 0 Å². The number of hydrogen-bond donors (Lipinski definition) is 0. The summed E-state index contributed by atoms with van der Waals surface area (Å²) in [5.74, 6) is 0.721. The van der Waals surface area contributed by atoms with E-state index in [9.17, 15) is 0 Å². The van der Waals surface area contributed by atoms with Crippen LogP contribution >= 0.6 is 0 Å². The standard InChI is InChI=1S/C16H28N2O/c1-4-5-9-16(2)19-15-8-6-7-10-18-13-11-17(3)12-14-18/h4-5,9H,1-2,6-8,10-15H2,3H3/b9-5-. The van der Waals surface area contributed by atoms with Crippen molar-refractivity contribution in [2.45, 2.75) is 19.3 Å². The summed E-state index contributed by atoms with van der Waals surface area (Å²) in [7, 11) is 2.20. The summed E-state index contributed by atoms with van der Waals surface area (Å²) in [5, 5.41) is 0. The Morgan fingerprint density at radius 3 is 2.58 bits per heavy atom. The van der Waals surface area contributed by atoms with Gasteiger partial charge in [0.1, 0.15) is 5.76 Å². The Morgan fingerprint density at radius 2 is 1.89 bits per heavy atom. The van der Waals surface area contributed by atoms with Crippen LogP contribution in [0.5, 0.6) is 0 Å². The summed E-state index contributed by atoms with van der Waals surface area (Å²) < 4.78 is 5.50. The van der Waals surface area contributed by atoms with Gasteiger partial charge in [0.05, 0.1) is 6.61 Å². The van der Waals surface area contributed by atoms with Crippen molar-refractivity contribution in [3.63, 3.8) is 0 Å². The van der Waals surface area contributed by atoms with Gasteiger partial charge in [0.2, 0.25) is 0 Å². The van der Waals surface area contributed by atoms with Gasteiger partial charge in [-0.3, -0.25) is 0 Å². The van der Waals surface area contributed by atoms with Crippen LogP contribution in [0.2, 0.25) is 0 Å². The van der Waals surface area contributed by atoms with Gasteiger partial charge in [0.25, 0.3) is 0 Å². The van der Waals surface area contributed by atoms with Crippen molar-refractivity contribution in [3.8, 4) is 0 Å². The van der Waals surface area contributed by atoms with E-state index < -0.39 is 0 Å². The molecule has 0 aromatic carbocycles. The fourth-order valence-electron chi connectivity index (χ4n) is 2.11. The van der Waals surface area contributed by atoms with Gasteiger partial charge in [-0.05, 0) is 38.9 Å². The molecule has 1 aliphatic heterocycles. The van der Waals surface area contributed by atoms with E-state index in [-0.39, 0.29) is 0 Å². The molecule has 1 rings (SSSR count). The third-order valence-electron chi connectivity index (χ3n) is 3.42. The highest BCUT2D eigenvalue weighted by Crippen LogP contribution is 2.05. The Bertz CT molecular complexity index is 291. The highest BCUT2D eigenvalue weighted by Gasteiger charge is 2.12. The average Bonchev–Trinajstić information content (AvgIpc) is 2.42. The number of piperazine rings is 1. The summed E-state index contributed by atoms with van der Waals surface area (Å²) >= 11 is 0. The lowest BCUT2D eigenvalue weighted by molar-refractivity contribution is 0.150. The molecule has 19 heavy (non-hydrogen) atoms. The van der Waals surface area contributed by atoms with Crippen LogP contribution in [0, 0.1) is 0 Å². The number of hydrogen-bond acceptors (Lipinski definition) is 3. The molecule has 3 heteroatoms. The summed E-state index contributed by atoms with van der Waals surface area (Å²) in [5.41, 5.74) is 0. The zero-order valence-corrected chi connectivity index (χ0v) is 12.3. The Hall–Kier alpha value is -1.06. The summed E-state index contributed by atoms with van der Waals surface area (Å²) in [6.07, 6.45) is 9.01. The molecule has 1 fully saturated rings. The largest absolute Gasteiger partial charge is 0.494 e. The third-order valence-corrected chi connectivity index (χ3v) is 3.42. The number of ether oxygens (including phenoxy) is 1. The number of nitrogens with zero attached hydrogens (tertiary/aromatic N) is 2. The van der Waals surface area contributed by atoms with Gasteiger partial charge in [-0.25, -0.2) is 0 Å². The van der Waals surface area contributed by atoms with E-state index in [2.05, 4.69) is 30.0 Å². The smallest absolute Gasteiger partial charge is 0.112 e. The van der Waals surface area contributed by atoms with Crippen LogP contribution in [-0.4, -0.2) is 56.2 Å². The van der Waals surface area contributed by atoms with Gasteiger partial charge >= 0.3 is 0 Å². The van der Waals surface area contributed by atoms with E-state index in [4.69, 9.17) is 4.74 Å². The van der Waals surface area contributed by atoms with Crippen LogP contribution in [0.15, 0.2) is 37.1 Å². The van der Waals surface area contributed by atoms with E-state index in [0.29, 0.717) is 0 Å². The zero-order chi connectivity index (χ0) is 13.9. The van der Waals surface area contributed by atoms with Crippen LogP contribution in [0.4, 0.5) is 0 Å². The van der Waals surface area contributed by atoms with Gasteiger partial charge in [-0.15, -0.1) is 0 Å². The molecule has 0 bridgehead atoms. The Balaban J connectivity index is 1.92. The first-order valence-electron chi connectivity index (χ1n) is 7.24. The van der Waals surface area contributed by atoms with Gasteiger partial charge in [-0.2, -0.15) is 0 Å². The number of unbranched alkanes of at least 4 members (excludes halogenated alkanes) is 2. The second-order valence-electron chi connectivity index (χ2n) is 5.12. The molecule has 108 valence electrons. The Morgan fingerprint density at radius 1 is 1.16 bits per heavy atom. The topological polar surface area (TPSA) is 15.7 Å². The maximum absolute atomic E-state index is 5.50. The van der Waals surface area contributed by atoms with Gasteiger partial charge in [0, 0.05) is 26.2 Å². The fraction of sp³-hybridized carbons (Fsp3) is 0.625. The molecule has 0 atom stereocenters. The number of likely N-dealkylation sites (N-methyl/N-ethyl adjacent to an activating group) is 1. The molecular weight excluding hydrogens is 236 g/mol. The molecule has 0 aliphatic carbocycles. The molecule has 1 aliphatic rings. The quantitative estimate of drug-likeness (QED) is 0.362. The van der Waals surface area contributed by atoms with Crippen LogP contribution in [0.1, 0.15) is 19.3 Å². The van der Waals surface area contributed by atoms with Crippen LogP contribution < -0.4 is 0 Å². The molecule has 0 aromatic rings. The summed E-state index contributed by atoms with van der Waals surface area (Å²) in [6.45, 7) is 14.3. The van der Waals surface area contributed by atoms with Crippen molar-refractivity contribution in [1.29, 1.82) is 0 Å². The summed E-state index contributed by atoms with van der Waals surface area (Å²) in [6, 6.07) is 0. The van der Waals surface area contributed by atoms with Crippen molar-refractivity contribution in [1.82, 2.24) is 9.80 Å². The molecule has 3 nitrogen and oxygen atoms in total. The van der Waals surface area contributed by atoms with Crippen LogP contribution in [0.25, 0.3) is 0 Å². The first-order valence-corrected chi connectivity index (χ1v) is 7.24.